The van der Waals surface area contributed by atoms with Crippen molar-refractivity contribution in [3.63, 3.8) is 0 Å². The van der Waals surface area contributed by atoms with E-state index >= 15 is 0 Å². The van der Waals surface area contributed by atoms with Crippen LogP contribution in [0.3, 0.4) is 0 Å². The lowest BCUT2D eigenvalue weighted by atomic mass is 9.80. The summed E-state index contributed by atoms with van der Waals surface area (Å²) < 4.78 is 5.59. The van der Waals surface area contributed by atoms with Gasteiger partial charge in [0, 0.05) is 5.92 Å². The lowest BCUT2D eigenvalue weighted by Crippen LogP contribution is -2.32. The van der Waals surface area contributed by atoms with Gasteiger partial charge in [-0.1, -0.05) is 11.3 Å². The second-order valence-corrected chi connectivity index (χ2v) is 5.20. The van der Waals surface area contributed by atoms with Crippen LogP contribution >= 0.6 is 11.3 Å². The van der Waals surface area contributed by atoms with Gasteiger partial charge in [-0.3, -0.25) is 4.79 Å². The molecule has 1 aromatic heterocycles. The number of aromatic nitrogens is 2. The third-order valence-electron chi connectivity index (χ3n) is 3.41. The Morgan fingerprint density at radius 2 is 2.50 bits per heavy atom. The Balaban J connectivity index is 1.66. The van der Waals surface area contributed by atoms with Crippen LogP contribution in [0.5, 0.6) is 0 Å². The smallest absolute Gasteiger partial charge is 0.229 e. The van der Waals surface area contributed by atoms with Crippen LogP contribution in [0.25, 0.3) is 0 Å². The molecule has 0 unspecified atom stereocenters. The van der Waals surface area contributed by atoms with Gasteiger partial charge in [0.25, 0.3) is 0 Å². The van der Waals surface area contributed by atoms with Crippen molar-refractivity contribution < 1.29 is 9.53 Å². The number of ether oxygens (including phenoxy) is 1. The number of carbonyl (C=O) groups is 1. The van der Waals surface area contributed by atoms with Gasteiger partial charge in [0.05, 0.1) is 12.7 Å². The Hall–Kier alpha value is -1.01. The number of nitrogens with one attached hydrogen (secondary N) is 1. The maximum atomic E-state index is 12.0. The number of fused-ring (bicyclic) bond motifs is 2. The molecule has 2 fully saturated rings. The molecule has 0 spiro atoms. The predicted molar refractivity (Wildman–Crippen MR) is 59.1 cm³/mol. The summed E-state index contributed by atoms with van der Waals surface area (Å²) in [5.74, 6) is 0.556. The van der Waals surface area contributed by atoms with E-state index in [0.717, 1.165) is 25.9 Å². The number of amides is 1. The average Bonchev–Trinajstić information content (AvgIpc) is 2.90. The van der Waals surface area contributed by atoms with E-state index < -0.39 is 0 Å². The number of anilines is 1. The standard InChI is InChI=1S/C10H13N3O2S/c14-9(12-10-13-11-5-16-10)8-2-1-7-3-6(8)4-15-7/h5-8H,1-4H2,(H,12,13,14)/t6-,7+,8-/m1/s1. The fourth-order valence-corrected chi connectivity index (χ4v) is 3.03. The highest BCUT2D eigenvalue weighted by molar-refractivity contribution is 7.13. The molecule has 1 aromatic rings. The van der Waals surface area contributed by atoms with Gasteiger partial charge in [-0.05, 0) is 25.2 Å². The van der Waals surface area contributed by atoms with Crippen molar-refractivity contribution >= 4 is 22.4 Å². The molecule has 0 aromatic carbocycles. The summed E-state index contributed by atoms with van der Waals surface area (Å²) in [6.45, 7) is 0.735. The maximum Gasteiger partial charge on any atom is 0.229 e. The quantitative estimate of drug-likeness (QED) is 0.844. The minimum atomic E-state index is 0.0747. The van der Waals surface area contributed by atoms with Crippen molar-refractivity contribution in [2.24, 2.45) is 11.8 Å². The maximum absolute atomic E-state index is 12.0. The van der Waals surface area contributed by atoms with E-state index in [1.807, 2.05) is 0 Å². The molecule has 1 N–H and O–H groups in total. The Labute approximate surface area is 97.2 Å². The van der Waals surface area contributed by atoms with E-state index in [1.165, 1.54) is 11.3 Å². The molecule has 6 heteroatoms. The lowest BCUT2D eigenvalue weighted by molar-refractivity contribution is -0.122. The number of nitrogens with zero attached hydrogens (tertiary/aromatic N) is 2. The molecular weight excluding hydrogens is 226 g/mol. The Morgan fingerprint density at radius 3 is 3.31 bits per heavy atom. The summed E-state index contributed by atoms with van der Waals surface area (Å²) in [6.07, 6.45) is 3.37. The van der Waals surface area contributed by atoms with E-state index in [9.17, 15) is 4.79 Å². The van der Waals surface area contributed by atoms with Gasteiger partial charge in [-0.25, -0.2) is 0 Å². The van der Waals surface area contributed by atoms with E-state index in [2.05, 4.69) is 15.5 Å². The number of hydrogen-bond donors (Lipinski definition) is 1. The second-order valence-electron chi connectivity index (χ2n) is 4.37. The molecule has 3 atom stereocenters. The monoisotopic (exact) mass is 239 g/mol. The lowest BCUT2D eigenvalue weighted by Gasteiger charge is -2.25. The third-order valence-corrected chi connectivity index (χ3v) is 4.01. The molecule has 2 aliphatic rings. The molecule has 1 aliphatic carbocycles. The van der Waals surface area contributed by atoms with Gasteiger partial charge < -0.3 is 10.1 Å². The molecule has 2 heterocycles. The highest BCUT2D eigenvalue weighted by Crippen LogP contribution is 2.38. The Bertz CT molecular complexity index is 381. The highest BCUT2D eigenvalue weighted by atomic mass is 32.1. The number of hydrogen-bond acceptors (Lipinski definition) is 5. The first-order chi connectivity index (χ1) is 7.83. The summed E-state index contributed by atoms with van der Waals surface area (Å²) in [5, 5.41) is 10.9. The zero-order valence-electron chi connectivity index (χ0n) is 8.76. The SMILES string of the molecule is O=C(Nc1nncs1)[C@@H]1CC[C@H]2C[C@@H]1CO2. The first-order valence-corrected chi connectivity index (χ1v) is 6.39. The molecule has 3 rings (SSSR count). The van der Waals surface area contributed by atoms with Gasteiger partial charge in [0.15, 0.2) is 0 Å². The molecule has 86 valence electrons. The van der Waals surface area contributed by atoms with Crippen molar-refractivity contribution in [2.45, 2.75) is 25.4 Å². The fraction of sp³-hybridized carbons (Fsp3) is 0.700. The molecule has 1 saturated heterocycles. The Morgan fingerprint density at radius 1 is 1.56 bits per heavy atom. The third kappa shape index (κ3) is 1.82. The Kier molecular flexibility index (Phi) is 2.61. The zero-order chi connectivity index (χ0) is 11.0. The highest BCUT2D eigenvalue weighted by Gasteiger charge is 2.40. The van der Waals surface area contributed by atoms with Crippen LogP contribution in [0.15, 0.2) is 5.51 Å². The van der Waals surface area contributed by atoms with Crippen molar-refractivity contribution in [2.75, 3.05) is 11.9 Å². The van der Waals surface area contributed by atoms with E-state index in [4.69, 9.17) is 4.74 Å². The normalized spacial score (nSPS) is 32.6. The second kappa shape index (κ2) is 4.10. The number of rotatable bonds is 2. The molecular formula is C10H13N3O2S. The van der Waals surface area contributed by atoms with Crippen LogP contribution in [0, 0.1) is 11.8 Å². The van der Waals surface area contributed by atoms with Crippen molar-refractivity contribution in [1.29, 1.82) is 0 Å². The van der Waals surface area contributed by atoms with E-state index in [1.54, 1.807) is 5.51 Å². The summed E-state index contributed by atoms with van der Waals surface area (Å²) in [4.78, 5) is 12.0. The van der Waals surface area contributed by atoms with Gasteiger partial charge in [-0.2, -0.15) is 0 Å². The zero-order valence-corrected chi connectivity index (χ0v) is 9.57. The van der Waals surface area contributed by atoms with Crippen LogP contribution in [0.2, 0.25) is 0 Å². The summed E-state index contributed by atoms with van der Waals surface area (Å²) in [7, 11) is 0. The molecule has 1 saturated carbocycles. The minimum absolute atomic E-state index is 0.0747. The molecule has 5 nitrogen and oxygen atoms in total. The summed E-state index contributed by atoms with van der Waals surface area (Å²) in [6, 6.07) is 0. The molecule has 1 amide bonds. The molecule has 0 radical (unpaired) electrons. The minimum Gasteiger partial charge on any atom is -0.378 e. The van der Waals surface area contributed by atoms with Gasteiger partial charge in [-0.15, -0.1) is 10.2 Å². The fourth-order valence-electron chi connectivity index (χ4n) is 2.59. The van der Waals surface area contributed by atoms with E-state index in [-0.39, 0.29) is 11.8 Å². The van der Waals surface area contributed by atoms with Crippen LogP contribution in [0.1, 0.15) is 19.3 Å². The van der Waals surface area contributed by atoms with Crippen molar-refractivity contribution in [3.05, 3.63) is 5.51 Å². The van der Waals surface area contributed by atoms with Gasteiger partial charge in [0.2, 0.25) is 11.0 Å². The van der Waals surface area contributed by atoms with Crippen LogP contribution < -0.4 is 5.32 Å². The van der Waals surface area contributed by atoms with Crippen molar-refractivity contribution in [1.82, 2.24) is 10.2 Å². The number of carbonyl (C=O) groups excluding carboxylic acids is 1. The van der Waals surface area contributed by atoms with Crippen LogP contribution in [0.4, 0.5) is 5.13 Å². The predicted octanol–water partition coefficient (Wildman–Crippen LogP) is 1.29. The van der Waals surface area contributed by atoms with Crippen LogP contribution in [-0.4, -0.2) is 28.8 Å². The molecule has 1 aliphatic heterocycles. The molecule has 2 bridgehead atoms. The first-order valence-electron chi connectivity index (χ1n) is 5.51. The van der Waals surface area contributed by atoms with Crippen LogP contribution in [-0.2, 0) is 9.53 Å². The van der Waals surface area contributed by atoms with Gasteiger partial charge in [0.1, 0.15) is 5.51 Å². The average molecular weight is 239 g/mol. The summed E-state index contributed by atoms with van der Waals surface area (Å²) in [5.41, 5.74) is 1.62. The summed E-state index contributed by atoms with van der Waals surface area (Å²) >= 11 is 1.35. The van der Waals surface area contributed by atoms with Gasteiger partial charge >= 0.3 is 0 Å². The largest absolute Gasteiger partial charge is 0.378 e. The first kappa shape index (κ1) is 10.2. The van der Waals surface area contributed by atoms with E-state index in [0.29, 0.717) is 17.2 Å². The van der Waals surface area contributed by atoms with Crippen molar-refractivity contribution in [3.8, 4) is 0 Å². The topological polar surface area (TPSA) is 64.1 Å². The molecule has 16 heavy (non-hydrogen) atoms.